The van der Waals surface area contributed by atoms with Gasteiger partial charge in [0, 0.05) is 18.6 Å². The van der Waals surface area contributed by atoms with Crippen molar-refractivity contribution in [2.45, 2.75) is 44.7 Å². The highest BCUT2D eigenvalue weighted by Crippen LogP contribution is 2.27. The molecule has 0 unspecified atom stereocenters. The number of nitrogens with zero attached hydrogens (tertiary/aromatic N) is 2. The predicted octanol–water partition coefficient (Wildman–Crippen LogP) is 4.71. The number of aryl methyl sites for hydroxylation is 2. The van der Waals surface area contributed by atoms with Gasteiger partial charge in [0.15, 0.2) is 0 Å². The lowest BCUT2D eigenvalue weighted by Gasteiger charge is -2.33. The van der Waals surface area contributed by atoms with Gasteiger partial charge >= 0.3 is 0 Å². The van der Waals surface area contributed by atoms with Gasteiger partial charge in [-0.25, -0.2) is 8.42 Å². The summed E-state index contributed by atoms with van der Waals surface area (Å²) in [5.74, 6) is -0.805. The highest BCUT2D eigenvalue weighted by molar-refractivity contribution is 7.92. The Morgan fingerprint density at radius 1 is 0.946 bits per heavy atom. The van der Waals surface area contributed by atoms with E-state index >= 15 is 0 Å². The molecule has 37 heavy (non-hydrogen) atoms. The number of rotatable bonds is 10. The molecule has 0 saturated carbocycles. The van der Waals surface area contributed by atoms with Crippen LogP contribution in [0, 0.1) is 13.8 Å². The summed E-state index contributed by atoms with van der Waals surface area (Å²) < 4.78 is 28.7. The third kappa shape index (κ3) is 6.70. The maximum absolute atomic E-state index is 13.9. The van der Waals surface area contributed by atoms with Crippen LogP contribution in [0.1, 0.15) is 30.0 Å². The number of halogens is 1. The number of hydrogen-bond acceptors (Lipinski definition) is 4. The third-order valence-corrected chi connectivity index (χ3v) is 8.33. The van der Waals surface area contributed by atoms with Crippen molar-refractivity contribution in [3.63, 3.8) is 0 Å². The minimum atomic E-state index is -4.13. The summed E-state index contributed by atoms with van der Waals surface area (Å²) in [5.41, 5.74) is 3.07. The smallest absolute Gasteiger partial charge is 0.264 e. The van der Waals surface area contributed by atoms with Gasteiger partial charge in [-0.2, -0.15) is 0 Å². The molecule has 3 aromatic carbocycles. The molecule has 9 heteroatoms. The first kappa shape index (κ1) is 28.2. The van der Waals surface area contributed by atoms with Crippen molar-refractivity contribution in [1.82, 2.24) is 10.2 Å². The third-order valence-electron chi connectivity index (χ3n) is 6.29. The molecule has 0 fully saturated rings. The van der Waals surface area contributed by atoms with Gasteiger partial charge in [-0.05, 0) is 73.4 Å². The lowest BCUT2D eigenvalue weighted by atomic mass is 10.1. The van der Waals surface area contributed by atoms with E-state index in [1.54, 1.807) is 12.1 Å². The van der Waals surface area contributed by atoms with Gasteiger partial charge < -0.3 is 10.2 Å². The maximum atomic E-state index is 13.9. The van der Waals surface area contributed by atoms with E-state index in [0.29, 0.717) is 17.1 Å². The molecule has 3 aromatic rings. The molecule has 0 aliphatic carbocycles. The molecular formula is C28H32ClN3O4S. The second-order valence-electron chi connectivity index (χ2n) is 8.78. The average Bonchev–Trinajstić information content (AvgIpc) is 2.89. The van der Waals surface area contributed by atoms with Crippen LogP contribution < -0.4 is 9.62 Å². The molecular weight excluding hydrogens is 510 g/mol. The highest BCUT2D eigenvalue weighted by atomic mass is 35.5. The van der Waals surface area contributed by atoms with Gasteiger partial charge in [-0.1, -0.05) is 54.9 Å². The van der Waals surface area contributed by atoms with Gasteiger partial charge in [0.1, 0.15) is 12.6 Å². The minimum absolute atomic E-state index is 0.0101. The Morgan fingerprint density at radius 3 is 2.16 bits per heavy atom. The molecule has 0 bridgehead atoms. The standard InChI is InChI=1S/C28H32ClN3O4S/c1-5-26(28(34)30-4)31(18-22-9-7-6-8-10-22)27(33)19-32(24-14-11-20(2)21(3)17-24)37(35,36)25-15-12-23(29)13-16-25/h6-17,26H,5,18-19H2,1-4H3,(H,30,34)/t26-/m0/s1. The molecule has 0 aromatic heterocycles. The lowest BCUT2D eigenvalue weighted by Crippen LogP contribution is -2.51. The van der Waals surface area contributed by atoms with Crippen molar-refractivity contribution < 1.29 is 18.0 Å². The number of likely N-dealkylation sites (N-methyl/N-ethyl adjacent to an activating group) is 1. The Labute approximate surface area is 224 Å². The number of amides is 2. The van der Waals surface area contributed by atoms with Crippen molar-refractivity contribution >= 4 is 39.1 Å². The highest BCUT2D eigenvalue weighted by Gasteiger charge is 2.33. The Kier molecular flexibility index (Phi) is 9.34. The van der Waals surface area contributed by atoms with E-state index < -0.39 is 28.5 Å². The van der Waals surface area contributed by atoms with Crippen LogP contribution >= 0.6 is 11.6 Å². The minimum Gasteiger partial charge on any atom is -0.357 e. The van der Waals surface area contributed by atoms with Crippen LogP contribution in [0.3, 0.4) is 0 Å². The summed E-state index contributed by atoms with van der Waals surface area (Å²) in [4.78, 5) is 28.0. The van der Waals surface area contributed by atoms with Crippen LogP contribution in [0.2, 0.25) is 5.02 Å². The average molecular weight is 542 g/mol. The Bertz CT molecular complexity index is 1350. The maximum Gasteiger partial charge on any atom is 0.264 e. The second-order valence-corrected chi connectivity index (χ2v) is 11.1. The van der Waals surface area contributed by atoms with E-state index in [0.717, 1.165) is 21.0 Å². The number of carbonyl (C=O) groups is 2. The van der Waals surface area contributed by atoms with Crippen LogP contribution in [0.25, 0.3) is 0 Å². The Morgan fingerprint density at radius 2 is 1.59 bits per heavy atom. The van der Waals surface area contributed by atoms with E-state index in [9.17, 15) is 18.0 Å². The number of benzene rings is 3. The van der Waals surface area contributed by atoms with Gasteiger partial charge in [0.25, 0.3) is 10.0 Å². The van der Waals surface area contributed by atoms with Gasteiger partial charge in [0.05, 0.1) is 10.6 Å². The molecule has 1 N–H and O–H groups in total. The fourth-order valence-corrected chi connectivity index (χ4v) is 5.54. The molecule has 0 aliphatic heterocycles. The fourth-order valence-electron chi connectivity index (χ4n) is 4.01. The van der Waals surface area contributed by atoms with E-state index in [1.807, 2.05) is 57.2 Å². The van der Waals surface area contributed by atoms with E-state index in [1.165, 1.54) is 36.2 Å². The molecule has 2 amide bonds. The summed E-state index contributed by atoms with van der Waals surface area (Å²) in [7, 11) is -2.62. The van der Waals surface area contributed by atoms with Gasteiger partial charge in [-0.15, -0.1) is 0 Å². The van der Waals surface area contributed by atoms with Crippen LogP contribution in [-0.2, 0) is 26.2 Å². The number of hydrogen-bond donors (Lipinski definition) is 1. The van der Waals surface area contributed by atoms with Crippen LogP contribution in [0.4, 0.5) is 5.69 Å². The monoisotopic (exact) mass is 541 g/mol. The molecule has 0 spiro atoms. The summed E-state index contributed by atoms with van der Waals surface area (Å²) in [5, 5.41) is 3.02. The molecule has 0 aliphatic rings. The first-order valence-electron chi connectivity index (χ1n) is 12.0. The van der Waals surface area contributed by atoms with E-state index in [4.69, 9.17) is 11.6 Å². The largest absolute Gasteiger partial charge is 0.357 e. The zero-order valence-electron chi connectivity index (χ0n) is 21.4. The summed E-state index contributed by atoms with van der Waals surface area (Å²) in [6, 6.07) is 19.6. The zero-order chi connectivity index (χ0) is 27.2. The molecule has 196 valence electrons. The second kappa shape index (κ2) is 12.3. The topological polar surface area (TPSA) is 86.8 Å². The van der Waals surface area contributed by atoms with Crippen molar-refractivity contribution in [3.05, 3.63) is 94.5 Å². The van der Waals surface area contributed by atoms with Crippen LogP contribution in [0.5, 0.6) is 0 Å². The predicted molar refractivity (Wildman–Crippen MR) is 147 cm³/mol. The molecule has 0 radical (unpaired) electrons. The first-order chi connectivity index (χ1) is 17.6. The Balaban J connectivity index is 2.07. The van der Waals surface area contributed by atoms with Gasteiger partial charge in [-0.3, -0.25) is 13.9 Å². The van der Waals surface area contributed by atoms with Crippen LogP contribution in [0.15, 0.2) is 77.7 Å². The summed E-state index contributed by atoms with van der Waals surface area (Å²) >= 11 is 5.99. The van der Waals surface area contributed by atoms with Crippen molar-refractivity contribution in [3.8, 4) is 0 Å². The van der Waals surface area contributed by atoms with Crippen LogP contribution in [-0.4, -0.2) is 44.8 Å². The molecule has 0 saturated heterocycles. The van der Waals surface area contributed by atoms with E-state index in [2.05, 4.69) is 5.32 Å². The van der Waals surface area contributed by atoms with Crippen molar-refractivity contribution in [2.24, 2.45) is 0 Å². The van der Waals surface area contributed by atoms with Crippen molar-refractivity contribution in [2.75, 3.05) is 17.9 Å². The van der Waals surface area contributed by atoms with E-state index in [-0.39, 0.29) is 17.3 Å². The summed E-state index contributed by atoms with van der Waals surface area (Å²) in [6.07, 6.45) is 0.367. The van der Waals surface area contributed by atoms with Crippen molar-refractivity contribution in [1.29, 1.82) is 0 Å². The van der Waals surface area contributed by atoms with Gasteiger partial charge in [0.2, 0.25) is 11.8 Å². The molecule has 1 atom stereocenters. The first-order valence-corrected chi connectivity index (χ1v) is 13.8. The number of nitrogens with one attached hydrogen (secondary N) is 1. The lowest BCUT2D eigenvalue weighted by molar-refractivity contribution is -0.140. The zero-order valence-corrected chi connectivity index (χ0v) is 23.0. The Hall–Kier alpha value is -3.36. The SMILES string of the molecule is CC[C@@H](C(=O)NC)N(Cc1ccccc1)C(=O)CN(c1ccc(C)c(C)c1)S(=O)(=O)c1ccc(Cl)cc1. The number of sulfonamides is 1. The number of anilines is 1. The quantitative estimate of drug-likeness (QED) is 0.403. The fraction of sp³-hybridized carbons (Fsp3) is 0.286. The normalized spacial score (nSPS) is 12.0. The molecule has 3 rings (SSSR count). The molecule has 7 nitrogen and oxygen atoms in total. The number of carbonyl (C=O) groups excluding carboxylic acids is 2. The summed E-state index contributed by atoms with van der Waals surface area (Å²) in [6.45, 7) is 5.31. The molecule has 0 heterocycles.